The molecule has 5 heteroatoms. The molecule has 0 radical (unpaired) electrons. The zero-order valence-electron chi connectivity index (χ0n) is 9.93. The minimum absolute atomic E-state index is 0.218. The number of methoxy groups -OCH3 is 1. The van der Waals surface area contributed by atoms with Crippen molar-refractivity contribution in [1.29, 1.82) is 0 Å². The van der Waals surface area contributed by atoms with Gasteiger partial charge in [0.05, 0.1) is 18.9 Å². The summed E-state index contributed by atoms with van der Waals surface area (Å²) < 4.78 is 6.20. The van der Waals surface area contributed by atoms with Gasteiger partial charge in [-0.2, -0.15) is 5.10 Å². The van der Waals surface area contributed by atoms with Crippen LogP contribution < -0.4 is 0 Å². The van der Waals surface area contributed by atoms with Crippen molar-refractivity contribution < 1.29 is 14.6 Å². The average Bonchev–Trinajstić information content (AvgIpc) is 2.66. The van der Waals surface area contributed by atoms with Crippen LogP contribution in [0.25, 0.3) is 0 Å². The lowest BCUT2D eigenvalue weighted by Crippen LogP contribution is -2.05. The first-order valence-electron chi connectivity index (χ1n) is 5.35. The molecule has 0 saturated heterocycles. The SMILES string of the molecule is CCc1nn(C)cc1C(O)CCC(=O)OC. The number of nitrogens with zero attached hydrogens (tertiary/aromatic N) is 2. The van der Waals surface area contributed by atoms with Crippen LogP contribution in [0.1, 0.15) is 37.1 Å². The average molecular weight is 226 g/mol. The predicted molar refractivity (Wildman–Crippen MR) is 58.8 cm³/mol. The maximum Gasteiger partial charge on any atom is 0.305 e. The number of aromatic nitrogens is 2. The van der Waals surface area contributed by atoms with Crippen molar-refractivity contribution in [1.82, 2.24) is 9.78 Å². The molecular weight excluding hydrogens is 208 g/mol. The molecule has 1 atom stereocenters. The summed E-state index contributed by atoms with van der Waals surface area (Å²) in [7, 11) is 3.16. The van der Waals surface area contributed by atoms with Crippen molar-refractivity contribution in [3.63, 3.8) is 0 Å². The van der Waals surface area contributed by atoms with Gasteiger partial charge in [-0.3, -0.25) is 9.48 Å². The zero-order valence-corrected chi connectivity index (χ0v) is 9.93. The number of rotatable bonds is 5. The van der Waals surface area contributed by atoms with Gasteiger partial charge in [0.25, 0.3) is 0 Å². The molecule has 1 N–H and O–H groups in total. The Hall–Kier alpha value is -1.36. The van der Waals surface area contributed by atoms with Crippen molar-refractivity contribution in [2.75, 3.05) is 7.11 Å². The maximum absolute atomic E-state index is 11.0. The third-order valence-corrected chi connectivity index (χ3v) is 2.48. The minimum atomic E-state index is -0.650. The van der Waals surface area contributed by atoms with Crippen molar-refractivity contribution in [3.05, 3.63) is 17.5 Å². The van der Waals surface area contributed by atoms with E-state index in [9.17, 15) is 9.90 Å². The maximum atomic E-state index is 11.0. The molecule has 1 aromatic rings. The third kappa shape index (κ3) is 3.06. The number of aliphatic hydroxyl groups excluding tert-OH is 1. The fourth-order valence-electron chi connectivity index (χ4n) is 1.62. The van der Waals surface area contributed by atoms with E-state index in [0.717, 1.165) is 17.7 Å². The molecule has 5 nitrogen and oxygen atoms in total. The summed E-state index contributed by atoms with van der Waals surface area (Å²) in [5.41, 5.74) is 1.67. The fraction of sp³-hybridized carbons (Fsp3) is 0.636. The van der Waals surface area contributed by atoms with Crippen molar-refractivity contribution >= 4 is 5.97 Å². The van der Waals surface area contributed by atoms with Crippen LogP contribution in [0.3, 0.4) is 0 Å². The number of esters is 1. The van der Waals surface area contributed by atoms with Crippen LogP contribution in [-0.2, 0) is 23.0 Å². The smallest absolute Gasteiger partial charge is 0.305 e. The van der Waals surface area contributed by atoms with Crippen LogP contribution >= 0.6 is 0 Å². The lowest BCUT2D eigenvalue weighted by Gasteiger charge is -2.08. The first kappa shape index (κ1) is 12.7. The second kappa shape index (κ2) is 5.65. The molecular formula is C11H18N2O3. The van der Waals surface area contributed by atoms with Crippen LogP contribution in [-0.4, -0.2) is 28.0 Å². The van der Waals surface area contributed by atoms with Crippen LogP contribution in [0.4, 0.5) is 0 Å². The van der Waals surface area contributed by atoms with E-state index in [1.807, 2.05) is 14.0 Å². The van der Waals surface area contributed by atoms with Gasteiger partial charge >= 0.3 is 5.97 Å². The van der Waals surface area contributed by atoms with E-state index in [2.05, 4.69) is 9.84 Å². The van der Waals surface area contributed by atoms with Gasteiger partial charge in [0.15, 0.2) is 0 Å². The third-order valence-electron chi connectivity index (χ3n) is 2.48. The van der Waals surface area contributed by atoms with Gasteiger partial charge in [-0.05, 0) is 12.8 Å². The lowest BCUT2D eigenvalue weighted by molar-refractivity contribution is -0.141. The molecule has 0 saturated carbocycles. The molecule has 1 unspecified atom stereocenters. The van der Waals surface area contributed by atoms with Crippen LogP contribution in [0.5, 0.6) is 0 Å². The Morgan fingerprint density at radius 1 is 1.69 bits per heavy atom. The Bertz CT molecular complexity index is 360. The second-order valence-electron chi connectivity index (χ2n) is 3.69. The number of carbonyl (C=O) groups is 1. The number of carbonyl (C=O) groups excluding carboxylic acids is 1. The Balaban J connectivity index is 2.64. The van der Waals surface area contributed by atoms with Crippen molar-refractivity contribution in [2.24, 2.45) is 7.05 Å². The number of hydrogen-bond acceptors (Lipinski definition) is 4. The van der Waals surface area contributed by atoms with E-state index in [1.54, 1.807) is 10.9 Å². The summed E-state index contributed by atoms with van der Waals surface area (Å²) in [6.45, 7) is 1.98. The topological polar surface area (TPSA) is 64.3 Å². The molecule has 1 aromatic heterocycles. The first-order chi connectivity index (χ1) is 7.58. The van der Waals surface area contributed by atoms with Crippen LogP contribution in [0.2, 0.25) is 0 Å². The Labute approximate surface area is 95.0 Å². The van der Waals surface area contributed by atoms with Gasteiger partial charge < -0.3 is 9.84 Å². The number of hydrogen-bond donors (Lipinski definition) is 1. The highest BCUT2D eigenvalue weighted by Gasteiger charge is 2.16. The van der Waals surface area contributed by atoms with Crippen molar-refractivity contribution in [3.8, 4) is 0 Å². The predicted octanol–water partition coefficient (Wildman–Crippen LogP) is 0.969. The van der Waals surface area contributed by atoms with Gasteiger partial charge in [-0.1, -0.05) is 6.92 Å². The standard InChI is InChI=1S/C11H18N2O3/c1-4-9-8(7-13(2)12-9)10(14)5-6-11(15)16-3/h7,10,14H,4-6H2,1-3H3. The highest BCUT2D eigenvalue weighted by molar-refractivity contribution is 5.69. The molecule has 0 fully saturated rings. The molecule has 1 rings (SSSR count). The first-order valence-corrected chi connectivity index (χ1v) is 5.35. The van der Waals surface area contributed by atoms with Crippen LogP contribution in [0.15, 0.2) is 6.20 Å². The molecule has 16 heavy (non-hydrogen) atoms. The highest BCUT2D eigenvalue weighted by Crippen LogP contribution is 2.21. The van der Waals surface area contributed by atoms with E-state index < -0.39 is 6.10 Å². The second-order valence-corrected chi connectivity index (χ2v) is 3.69. The molecule has 0 amide bonds. The van der Waals surface area contributed by atoms with E-state index in [0.29, 0.717) is 6.42 Å². The molecule has 0 spiro atoms. The summed E-state index contributed by atoms with van der Waals surface area (Å²) >= 11 is 0. The summed E-state index contributed by atoms with van der Waals surface area (Å²) in [4.78, 5) is 11.0. The Morgan fingerprint density at radius 2 is 2.38 bits per heavy atom. The molecule has 90 valence electrons. The summed E-state index contributed by atoms with van der Waals surface area (Å²) in [6, 6.07) is 0. The molecule has 0 aliphatic carbocycles. The molecule has 1 heterocycles. The molecule has 0 bridgehead atoms. The summed E-state index contributed by atoms with van der Waals surface area (Å²) in [6.07, 6.45) is 2.50. The summed E-state index contributed by atoms with van der Waals surface area (Å²) in [5, 5.41) is 14.2. The molecule has 0 aliphatic heterocycles. The monoisotopic (exact) mass is 226 g/mol. The van der Waals surface area contributed by atoms with Crippen LogP contribution in [0, 0.1) is 0 Å². The largest absolute Gasteiger partial charge is 0.469 e. The lowest BCUT2D eigenvalue weighted by atomic mass is 10.0. The minimum Gasteiger partial charge on any atom is -0.469 e. The quantitative estimate of drug-likeness (QED) is 0.760. The van der Waals surface area contributed by atoms with E-state index in [-0.39, 0.29) is 12.4 Å². The van der Waals surface area contributed by atoms with Gasteiger partial charge in [0, 0.05) is 25.2 Å². The van der Waals surface area contributed by atoms with E-state index in [4.69, 9.17) is 0 Å². The van der Waals surface area contributed by atoms with Gasteiger partial charge in [-0.25, -0.2) is 0 Å². The number of ether oxygens (including phenoxy) is 1. The zero-order chi connectivity index (χ0) is 12.1. The Morgan fingerprint density at radius 3 is 2.94 bits per heavy atom. The Kier molecular flexibility index (Phi) is 4.49. The number of aryl methyl sites for hydroxylation is 2. The van der Waals surface area contributed by atoms with Gasteiger partial charge in [0.2, 0.25) is 0 Å². The normalized spacial score (nSPS) is 12.5. The van der Waals surface area contributed by atoms with E-state index >= 15 is 0 Å². The summed E-state index contributed by atoms with van der Waals surface area (Å²) in [5.74, 6) is -0.305. The van der Waals surface area contributed by atoms with E-state index in [1.165, 1.54) is 7.11 Å². The van der Waals surface area contributed by atoms with Crippen molar-refractivity contribution in [2.45, 2.75) is 32.3 Å². The molecule has 0 aromatic carbocycles. The highest BCUT2D eigenvalue weighted by atomic mass is 16.5. The molecule has 0 aliphatic rings. The number of aliphatic hydroxyl groups is 1. The van der Waals surface area contributed by atoms with Gasteiger partial charge in [0.1, 0.15) is 0 Å². The fourth-order valence-corrected chi connectivity index (χ4v) is 1.62. The van der Waals surface area contributed by atoms with Gasteiger partial charge in [-0.15, -0.1) is 0 Å².